The Hall–Kier alpha value is -0.100. The summed E-state index contributed by atoms with van der Waals surface area (Å²) in [5.74, 6) is 3.87. The van der Waals surface area contributed by atoms with Gasteiger partial charge in [0.05, 0.1) is 0 Å². The summed E-state index contributed by atoms with van der Waals surface area (Å²) in [6.07, 6.45) is 2.48. The summed E-state index contributed by atoms with van der Waals surface area (Å²) in [6, 6.07) is 0.388. The lowest BCUT2D eigenvalue weighted by atomic mass is 9.87. The third-order valence-electron chi connectivity index (χ3n) is 4.21. The summed E-state index contributed by atoms with van der Waals surface area (Å²) in [4.78, 5) is 2.39. The third-order valence-corrected chi connectivity index (χ3v) is 5.87. The molecule has 134 valence electrons. The van der Waals surface area contributed by atoms with E-state index >= 15 is 0 Å². The van der Waals surface area contributed by atoms with Crippen LogP contribution in [0, 0.1) is 5.41 Å². The van der Waals surface area contributed by atoms with Crippen molar-refractivity contribution >= 4 is 15.6 Å². The van der Waals surface area contributed by atoms with E-state index in [1.54, 1.807) is 6.26 Å². The molecule has 0 aliphatic carbocycles. The fourth-order valence-corrected chi connectivity index (χ4v) is 4.27. The third kappa shape index (κ3) is 7.44. The molecule has 0 aliphatic rings. The second-order valence-electron chi connectivity index (χ2n) is 8.39. The second kappa shape index (κ2) is 8.13. The standard InChI is InChI=1S/C17H38N2O2S/c1-15(16(2,3)4)18(11-10-14-20)12-13-19(17(5,6)7)22(8,9)21/h15,20H,8,10-14H2,1-7,9H3. The summed E-state index contributed by atoms with van der Waals surface area (Å²) >= 11 is 0. The van der Waals surface area contributed by atoms with Gasteiger partial charge in [-0.2, -0.15) is 0 Å². The van der Waals surface area contributed by atoms with Gasteiger partial charge in [-0.1, -0.05) is 20.8 Å². The van der Waals surface area contributed by atoms with E-state index in [9.17, 15) is 4.21 Å². The molecule has 2 atom stereocenters. The largest absolute Gasteiger partial charge is 0.396 e. The van der Waals surface area contributed by atoms with Crippen LogP contribution in [0.4, 0.5) is 0 Å². The molecule has 4 nitrogen and oxygen atoms in total. The van der Waals surface area contributed by atoms with Crippen LogP contribution in [-0.4, -0.2) is 68.5 Å². The zero-order valence-corrected chi connectivity index (χ0v) is 16.8. The second-order valence-corrected chi connectivity index (χ2v) is 10.7. The molecule has 0 aliphatic heterocycles. The van der Waals surface area contributed by atoms with Crippen molar-refractivity contribution in [3.63, 3.8) is 0 Å². The molecule has 0 fully saturated rings. The Morgan fingerprint density at radius 3 is 1.91 bits per heavy atom. The molecule has 0 aromatic carbocycles. The topological polar surface area (TPSA) is 43.8 Å². The van der Waals surface area contributed by atoms with Gasteiger partial charge in [0, 0.05) is 53.8 Å². The Labute approximate surface area is 139 Å². The zero-order valence-electron chi connectivity index (χ0n) is 16.0. The molecule has 0 aromatic heterocycles. The smallest absolute Gasteiger partial charge is 0.0443 e. The van der Waals surface area contributed by atoms with Crippen LogP contribution in [0.25, 0.3) is 0 Å². The van der Waals surface area contributed by atoms with Crippen LogP contribution in [0.15, 0.2) is 0 Å². The highest BCUT2D eigenvalue weighted by Gasteiger charge is 2.29. The molecule has 0 bridgehead atoms. The number of aliphatic hydroxyl groups is 1. The molecular weight excluding hydrogens is 296 g/mol. The lowest BCUT2D eigenvalue weighted by Gasteiger charge is -2.41. The minimum absolute atomic E-state index is 0.167. The van der Waals surface area contributed by atoms with E-state index in [4.69, 9.17) is 5.11 Å². The molecule has 0 heterocycles. The first-order chi connectivity index (χ1) is 9.71. The Bertz CT molecular complexity index is 419. The van der Waals surface area contributed by atoms with Crippen molar-refractivity contribution in [2.45, 2.75) is 66.5 Å². The summed E-state index contributed by atoms with van der Waals surface area (Å²) in [7, 11) is -2.24. The Morgan fingerprint density at radius 1 is 1.09 bits per heavy atom. The van der Waals surface area contributed by atoms with Gasteiger partial charge in [-0.25, -0.2) is 4.31 Å². The number of rotatable bonds is 8. The average Bonchev–Trinajstić information content (AvgIpc) is 2.28. The van der Waals surface area contributed by atoms with E-state index < -0.39 is 9.71 Å². The van der Waals surface area contributed by atoms with Gasteiger partial charge in [0.15, 0.2) is 0 Å². The molecule has 0 radical (unpaired) electrons. The van der Waals surface area contributed by atoms with Gasteiger partial charge in [-0.15, -0.1) is 0 Å². The van der Waals surface area contributed by atoms with Crippen LogP contribution in [0.5, 0.6) is 0 Å². The maximum Gasteiger partial charge on any atom is 0.0443 e. The highest BCUT2D eigenvalue weighted by atomic mass is 32.2. The Morgan fingerprint density at radius 2 is 1.59 bits per heavy atom. The van der Waals surface area contributed by atoms with Crippen molar-refractivity contribution in [2.75, 3.05) is 32.5 Å². The molecule has 1 N–H and O–H groups in total. The number of hydrogen-bond acceptors (Lipinski definition) is 3. The summed E-state index contributed by atoms with van der Waals surface area (Å²) in [6.45, 7) is 17.8. The van der Waals surface area contributed by atoms with E-state index in [1.807, 2.05) is 4.31 Å². The van der Waals surface area contributed by atoms with Gasteiger partial charge in [0.2, 0.25) is 0 Å². The molecule has 0 saturated carbocycles. The first-order valence-electron chi connectivity index (χ1n) is 8.16. The molecule has 5 heteroatoms. The molecule has 0 aromatic rings. The average molecular weight is 335 g/mol. The van der Waals surface area contributed by atoms with Crippen LogP contribution in [0.2, 0.25) is 0 Å². The van der Waals surface area contributed by atoms with Crippen LogP contribution in [0.3, 0.4) is 0 Å². The van der Waals surface area contributed by atoms with Crippen LogP contribution in [-0.2, 0) is 9.71 Å². The lowest BCUT2D eigenvalue weighted by molar-refractivity contribution is 0.0923. The van der Waals surface area contributed by atoms with Gasteiger partial charge in [-0.3, -0.25) is 9.11 Å². The summed E-state index contributed by atoms with van der Waals surface area (Å²) in [5, 5.41) is 9.14. The highest BCUT2D eigenvalue weighted by molar-refractivity contribution is 7.97. The molecule has 2 unspecified atom stereocenters. The predicted molar refractivity (Wildman–Crippen MR) is 99.8 cm³/mol. The first-order valence-corrected chi connectivity index (χ1v) is 10.3. The minimum atomic E-state index is -2.24. The zero-order chi connectivity index (χ0) is 17.8. The normalized spacial score (nSPS) is 17.8. The van der Waals surface area contributed by atoms with Gasteiger partial charge in [0.25, 0.3) is 0 Å². The molecule has 0 amide bonds. The minimum Gasteiger partial charge on any atom is -0.396 e. The Balaban J connectivity index is 5.08. The van der Waals surface area contributed by atoms with Crippen LogP contribution >= 0.6 is 0 Å². The molecule has 0 saturated heterocycles. The van der Waals surface area contributed by atoms with E-state index in [-0.39, 0.29) is 17.6 Å². The predicted octanol–water partition coefficient (Wildman–Crippen LogP) is 2.47. The number of hydrogen-bond donors (Lipinski definition) is 1. The van der Waals surface area contributed by atoms with Crippen LogP contribution < -0.4 is 0 Å². The first kappa shape index (κ1) is 21.9. The van der Waals surface area contributed by atoms with Crippen molar-refractivity contribution < 1.29 is 9.32 Å². The molecular formula is C17H38N2O2S. The van der Waals surface area contributed by atoms with Crippen molar-refractivity contribution in [2.24, 2.45) is 5.41 Å². The van der Waals surface area contributed by atoms with E-state index in [1.165, 1.54) is 0 Å². The summed E-state index contributed by atoms with van der Waals surface area (Å²) in [5.41, 5.74) is -0.0126. The molecule has 0 rings (SSSR count). The van der Waals surface area contributed by atoms with Crippen molar-refractivity contribution in [1.29, 1.82) is 0 Å². The molecule has 22 heavy (non-hydrogen) atoms. The monoisotopic (exact) mass is 334 g/mol. The van der Waals surface area contributed by atoms with Crippen molar-refractivity contribution in [1.82, 2.24) is 9.21 Å². The fraction of sp³-hybridized carbons (Fsp3) is 0.941. The van der Waals surface area contributed by atoms with Gasteiger partial charge in [0.1, 0.15) is 0 Å². The lowest BCUT2D eigenvalue weighted by Crippen LogP contribution is -2.51. The van der Waals surface area contributed by atoms with Gasteiger partial charge in [-0.05, 0) is 45.4 Å². The maximum absolute atomic E-state index is 12.5. The van der Waals surface area contributed by atoms with Crippen LogP contribution in [0.1, 0.15) is 54.9 Å². The van der Waals surface area contributed by atoms with Gasteiger partial charge >= 0.3 is 0 Å². The quantitative estimate of drug-likeness (QED) is 0.694. The number of nitrogens with zero attached hydrogens (tertiary/aromatic N) is 2. The fourth-order valence-electron chi connectivity index (χ4n) is 2.65. The van der Waals surface area contributed by atoms with E-state index in [2.05, 4.69) is 59.2 Å². The van der Waals surface area contributed by atoms with Gasteiger partial charge < -0.3 is 5.11 Å². The van der Waals surface area contributed by atoms with E-state index in [0.29, 0.717) is 12.6 Å². The highest BCUT2D eigenvalue weighted by Crippen LogP contribution is 2.25. The maximum atomic E-state index is 12.5. The van der Waals surface area contributed by atoms with E-state index in [0.717, 1.165) is 19.5 Å². The van der Waals surface area contributed by atoms with Crippen molar-refractivity contribution in [3.05, 3.63) is 0 Å². The number of aliphatic hydroxyl groups excluding tert-OH is 1. The Kier molecular flexibility index (Phi) is 8.10. The SMILES string of the molecule is C=S(C)(=O)N(CCN(CCCO)C(C)C(C)(C)C)C(C)(C)C. The van der Waals surface area contributed by atoms with Crippen molar-refractivity contribution in [3.8, 4) is 0 Å². The molecule has 0 spiro atoms. The summed E-state index contributed by atoms with van der Waals surface area (Å²) < 4.78 is 14.5.